The van der Waals surface area contributed by atoms with E-state index in [2.05, 4.69) is 4.98 Å². The molecule has 1 aromatic heterocycles. The summed E-state index contributed by atoms with van der Waals surface area (Å²) in [6.07, 6.45) is 0.267. The Bertz CT molecular complexity index is 1260. The predicted octanol–water partition coefficient (Wildman–Crippen LogP) is 3.43. The van der Waals surface area contributed by atoms with Gasteiger partial charge in [0.05, 0.1) is 11.5 Å². The monoisotopic (exact) mass is 458 g/mol. The van der Waals surface area contributed by atoms with E-state index in [1.165, 1.54) is 4.31 Å². The molecule has 7 nitrogen and oxygen atoms in total. The van der Waals surface area contributed by atoms with Crippen LogP contribution in [-0.4, -0.2) is 42.6 Å². The summed E-state index contributed by atoms with van der Waals surface area (Å²) in [5.74, 6) is 0.675. The predicted molar refractivity (Wildman–Crippen MR) is 126 cm³/mol. The van der Waals surface area contributed by atoms with Gasteiger partial charge in [-0.3, -0.25) is 4.79 Å². The number of aryl methyl sites for hydroxylation is 3. The molecule has 0 aliphatic rings. The Morgan fingerprint density at radius 3 is 2.38 bits per heavy atom. The smallest absolute Gasteiger partial charge is 0.252 e. The van der Waals surface area contributed by atoms with Crippen molar-refractivity contribution in [1.82, 2.24) is 9.29 Å². The fraction of sp³-hybridized carbons (Fsp3) is 0.375. The van der Waals surface area contributed by atoms with Crippen LogP contribution in [0, 0.1) is 20.8 Å². The zero-order chi connectivity index (χ0) is 23.5. The maximum Gasteiger partial charge on any atom is 0.252 e. The van der Waals surface area contributed by atoms with E-state index < -0.39 is 10.0 Å². The highest BCUT2D eigenvalue weighted by Gasteiger charge is 2.28. The van der Waals surface area contributed by atoms with E-state index in [1.54, 1.807) is 32.0 Å². The van der Waals surface area contributed by atoms with Crippen molar-refractivity contribution in [3.63, 3.8) is 0 Å². The third-order valence-corrected chi connectivity index (χ3v) is 7.47. The number of aliphatic hydroxyl groups excluding tert-OH is 1. The van der Waals surface area contributed by atoms with E-state index in [9.17, 15) is 18.3 Å². The van der Waals surface area contributed by atoms with Gasteiger partial charge in [-0.25, -0.2) is 8.42 Å². The number of nitrogens with zero attached hydrogens (tertiary/aromatic N) is 1. The first kappa shape index (κ1) is 24.0. The molecule has 2 aromatic carbocycles. The summed E-state index contributed by atoms with van der Waals surface area (Å²) in [7, 11) is -3.89. The number of fused-ring (bicyclic) bond motifs is 1. The number of ether oxygens (including phenoxy) is 1. The number of sulfonamides is 1. The van der Waals surface area contributed by atoms with Crippen molar-refractivity contribution in [2.75, 3.05) is 19.8 Å². The summed E-state index contributed by atoms with van der Waals surface area (Å²) in [5, 5.41) is 10.1. The van der Waals surface area contributed by atoms with Crippen LogP contribution in [0.25, 0.3) is 10.9 Å². The van der Waals surface area contributed by atoms with Crippen LogP contribution in [0.3, 0.4) is 0 Å². The largest absolute Gasteiger partial charge is 0.494 e. The van der Waals surface area contributed by atoms with Crippen LogP contribution < -0.4 is 10.3 Å². The Balaban J connectivity index is 2.06. The van der Waals surface area contributed by atoms with Crippen LogP contribution in [0.1, 0.15) is 35.6 Å². The summed E-state index contributed by atoms with van der Waals surface area (Å²) >= 11 is 0. The molecule has 0 aliphatic heterocycles. The van der Waals surface area contributed by atoms with Crippen molar-refractivity contribution >= 4 is 20.9 Å². The van der Waals surface area contributed by atoms with Gasteiger partial charge in [0.25, 0.3) is 5.56 Å². The number of rotatable bonds is 9. The number of aromatic amines is 1. The number of aromatic nitrogens is 1. The Hall–Kier alpha value is -2.68. The second-order valence-electron chi connectivity index (χ2n) is 7.95. The van der Waals surface area contributed by atoms with Crippen LogP contribution in [-0.2, 0) is 16.6 Å². The third-order valence-electron chi connectivity index (χ3n) is 5.32. The Morgan fingerprint density at radius 1 is 1.06 bits per heavy atom. The molecule has 0 saturated heterocycles. The lowest BCUT2D eigenvalue weighted by Crippen LogP contribution is -2.35. The third kappa shape index (κ3) is 5.03. The molecule has 0 radical (unpaired) electrons. The lowest BCUT2D eigenvalue weighted by atomic mass is 10.1. The topological polar surface area (TPSA) is 99.7 Å². The lowest BCUT2D eigenvalue weighted by molar-refractivity contribution is 0.267. The van der Waals surface area contributed by atoms with Crippen molar-refractivity contribution in [3.05, 3.63) is 69.0 Å². The van der Waals surface area contributed by atoms with Crippen molar-refractivity contribution < 1.29 is 18.3 Å². The summed E-state index contributed by atoms with van der Waals surface area (Å²) in [6, 6.07) is 10.7. The van der Waals surface area contributed by atoms with Crippen molar-refractivity contribution in [2.24, 2.45) is 0 Å². The molecule has 3 aromatic rings. The molecule has 0 spiro atoms. The van der Waals surface area contributed by atoms with Gasteiger partial charge in [-0.1, -0.05) is 17.7 Å². The minimum atomic E-state index is -3.89. The van der Waals surface area contributed by atoms with Crippen molar-refractivity contribution in [1.29, 1.82) is 0 Å². The molecule has 32 heavy (non-hydrogen) atoms. The second kappa shape index (κ2) is 9.85. The summed E-state index contributed by atoms with van der Waals surface area (Å²) in [6.45, 7) is 7.73. The molecule has 0 amide bonds. The van der Waals surface area contributed by atoms with Gasteiger partial charge in [-0.05, 0) is 69.5 Å². The molecular weight excluding hydrogens is 428 g/mol. The zero-order valence-electron chi connectivity index (χ0n) is 18.9. The van der Waals surface area contributed by atoms with E-state index in [0.29, 0.717) is 34.6 Å². The number of nitrogens with one attached hydrogen (secondary N) is 1. The average Bonchev–Trinajstić information content (AvgIpc) is 2.70. The van der Waals surface area contributed by atoms with Gasteiger partial charge in [-0.2, -0.15) is 4.31 Å². The summed E-state index contributed by atoms with van der Waals surface area (Å²) in [4.78, 5) is 15.8. The van der Waals surface area contributed by atoms with Gasteiger partial charge in [0.2, 0.25) is 10.0 Å². The number of hydrogen-bond donors (Lipinski definition) is 2. The quantitative estimate of drug-likeness (QED) is 0.512. The Kier molecular flexibility index (Phi) is 7.38. The average molecular weight is 459 g/mol. The maximum absolute atomic E-state index is 13.6. The van der Waals surface area contributed by atoms with Crippen molar-refractivity contribution in [3.8, 4) is 5.75 Å². The highest BCUT2D eigenvalue weighted by molar-refractivity contribution is 7.89. The molecule has 0 saturated carbocycles. The van der Waals surface area contributed by atoms with E-state index in [0.717, 1.165) is 10.9 Å². The SMILES string of the molecule is CCOc1ccc2[nH]c(=O)c(CN(CCCO)S(=O)(=O)c3c(C)cc(C)cc3C)cc2c1. The number of H-pyrrole nitrogens is 1. The van der Waals surface area contributed by atoms with Gasteiger partial charge < -0.3 is 14.8 Å². The van der Waals surface area contributed by atoms with E-state index in [-0.39, 0.29) is 36.6 Å². The second-order valence-corrected chi connectivity index (χ2v) is 9.82. The van der Waals surface area contributed by atoms with Crippen LogP contribution in [0.15, 0.2) is 46.1 Å². The normalized spacial score (nSPS) is 11.9. The maximum atomic E-state index is 13.6. The minimum Gasteiger partial charge on any atom is -0.494 e. The summed E-state index contributed by atoms with van der Waals surface area (Å²) < 4.78 is 34.1. The van der Waals surface area contributed by atoms with Gasteiger partial charge >= 0.3 is 0 Å². The van der Waals surface area contributed by atoms with E-state index in [1.807, 2.05) is 32.0 Å². The van der Waals surface area contributed by atoms with Crippen LogP contribution in [0.4, 0.5) is 0 Å². The molecule has 0 atom stereocenters. The first-order valence-corrected chi connectivity index (χ1v) is 12.1. The molecule has 0 unspecified atom stereocenters. The highest BCUT2D eigenvalue weighted by Crippen LogP contribution is 2.27. The number of benzene rings is 2. The Labute approximate surface area is 188 Å². The lowest BCUT2D eigenvalue weighted by Gasteiger charge is -2.24. The molecule has 172 valence electrons. The van der Waals surface area contributed by atoms with Gasteiger partial charge in [0.1, 0.15) is 5.75 Å². The van der Waals surface area contributed by atoms with Gasteiger partial charge in [-0.15, -0.1) is 0 Å². The van der Waals surface area contributed by atoms with Crippen LogP contribution in [0.2, 0.25) is 0 Å². The molecular formula is C24H30N2O5S. The Morgan fingerprint density at radius 2 is 1.75 bits per heavy atom. The number of aliphatic hydroxyl groups is 1. The van der Waals surface area contributed by atoms with E-state index >= 15 is 0 Å². The zero-order valence-corrected chi connectivity index (χ0v) is 19.8. The molecule has 3 rings (SSSR count). The van der Waals surface area contributed by atoms with Crippen LogP contribution >= 0.6 is 0 Å². The molecule has 0 bridgehead atoms. The first-order chi connectivity index (χ1) is 15.2. The molecule has 2 N–H and O–H groups in total. The number of pyridine rings is 1. The fourth-order valence-corrected chi connectivity index (χ4v) is 5.90. The standard InChI is InChI=1S/C24H30N2O5S/c1-5-31-21-7-8-22-19(14-21)13-20(24(28)25-22)15-26(9-6-10-27)32(29,30)23-17(3)11-16(2)12-18(23)4/h7-8,11-14,27H,5-6,9-10,15H2,1-4H3,(H,25,28). The van der Waals surface area contributed by atoms with Crippen molar-refractivity contribution in [2.45, 2.75) is 45.6 Å². The molecule has 8 heteroatoms. The minimum absolute atomic E-state index is 0.0980. The summed E-state index contributed by atoms with van der Waals surface area (Å²) in [5.41, 5.74) is 2.93. The van der Waals surface area contributed by atoms with Gasteiger partial charge in [0.15, 0.2) is 0 Å². The van der Waals surface area contributed by atoms with Gasteiger partial charge in [0, 0.05) is 36.2 Å². The first-order valence-electron chi connectivity index (χ1n) is 10.6. The van der Waals surface area contributed by atoms with E-state index in [4.69, 9.17) is 4.74 Å². The molecule has 0 fully saturated rings. The molecule has 1 heterocycles. The fourth-order valence-electron chi connectivity index (χ4n) is 4.03. The highest BCUT2D eigenvalue weighted by atomic mass is 32.2. The molecule has 0 aliphatic carbocycles. The number of hydrogen-bond acceptors (Lipinski definition) is 5. The van der Waals surface area contributed by atoms with Crippen LogP contribution in [0.5, 0.6) is 5.75 Å².